The van der Waals surface area contributed by atoms with Gasteiger partial charge in [0, 0.05) is 18.0 Å². The summed E-state index contributed by atoms with van der Waals surface area (Å²) in [6.45, 7) is 5.54. The van der Waals surface area contributed by atoms with Crippen molar-refractivity contribution in [2.24, 2.45) is 5.41 Å². The molecule has 0 unspecified atom stereocenters. The molecule has 0 aliphatic rings. The number of nitrogens with one attached hydrogen (secondary N) is 1. The van der Waals surface area contributed by atoms with Gasteiger partial charge in [-0.1, -0.05) is 30.3 Å². The van der Waals surface area contributed by atoms with Crippen LogP contribution < -0.4 is 15.7 Å². The molecule has 0 radical (unpaired) electrons. The first-order chi connectivity index (χ1) is 13.2. The van der Waals surface area contributed by atoms with Gasteiger partial charge in [0.25, 0.3) is 5.91 Å². The summed E-state index contributed by atoms with van der Waals surface area (Å²) in [4.78, 5) is 36.6. The van der Waals surface area contributed by atoms with Crippen molar-refractivity contribution in [3.8, 4) is 5.75 Å². The molecule has 0 aliphatic carbocycles. The van der Waals surface area contributed by atoms with Gasteiger partial charge in [0.2, 0.25) is 0 Å². The SMILES string of the molecule is CC(C)(C)C(=O)Oc1ccc2cc(C(=O)NCc3ccccc3)c(=O)oc2c1. The minimum atomic E-state index is -0.752. The van der Waals surface area contributed by atoms with Crippen molar-refractivity contribution in [1.82, 2.24) is 5.32 Å². The van der Waals surface area contributed by atoms with Crippen LogP contribution >= 0.6 is 0 Å². The fourth-order valence-electron chi connectivity index (χ4n) is 2.45. The van der Waals surface area contributed by atoms with Crippen LogP contribution in [0.25, 0.3) is 11.0 Å². The number of benzene rings is 2. The molecular formula is C22H21NO5. The van der Waals surface area contributed by atoms with Gasteiger partial charge in [-0.2, -0.15) is 0 Å². The molecule has 6 heteroatoms. The van der Waals surface area contributed by atoms with Crippen LogP contribution in [0, 0.1) is 5.41 Å². The van der Waals surface area contributed by atoms with Crippen LogP contribution in [0.1, 0.15) is 36.7 Å². The third-order valence-corrected chi connectivity index (χ3v) is 4.07. The van der Waals surface area contributed by atoms with Gasteiger partial charge in [-0.3, -0.25) is 9.59 Å². The normalized spacial score (nSPS) is 11.2. The highest BCUT2D eigenvalue weighted by molar-refractivity contribution is 5.96. The minimum Gasteiger partial charge on any atom is -0.426 e. The van der Waals surface area contributed by atoms with E-state index in [1.54, 1.807) is 32.9 Å². The summed E-state index contributed by atoms with van der Waals surface area (Å²) < 4.78 is 10.6. The van der Waals surface area contributed by atoms with Gasteiger partial charge in [0.1, 0.15) is 16.9 Å². The molecule has 3 aromatic rings. The summed E-state index contributed by atoms with van der Waals surface area (Å²) in [6.07, 6.45) is 0. The number of carbonyl (C=O) groups is 2. The molecule has 1 aromatic heterocycles. The van der Waals surface area contributed by atoms with E-state index in [0.717, 1.165) is 5.56 Å². The third kappa shape index (κ3) is 4.46. The number of hydrogen-bond acceptors (Lipinski definition) is 5. The molecule has 1 N–H and O–H groups in total. The topological polar surface area (TPSA) is 85.6 Å². The van der Waals surface area contributed by atoms with Crippen molar-refractivity contribution < 1.29 is 18.7 Å². The van der Waals surface area contributed by atoms with Crippen LogP contribution in [0.5, 0.6) is 5.75 Å². The molecule has 2 aromatic carbocycles. The Morgan fingerprint density at radius 2 is 1.75 bits per heavy atom. The highest BCUT2D eigenvalue weighted by Crippen LogP contribution is 2.23. The average Bonchev–Trinajstić information content (AvgIpc) is 2.65. The van der Waals surface area contributed by atoms with Gasteiger partial charge in [0.05, 0.1) is 5.41 Å². The van der Waals surface area contributed by atoms with E-state index in [1.165, 1.54) is 12.1 Å². The number of ether oxygens (including phenoxy) is 1. The van der Waals surface area contributed by atoms with Crippen LogP contribution in [0.4, 0.5) is 0 Å². The van der Waals surface area contributed by atoms with Gasteiger partial charge in [-0.25, -0.2) is 4.79 Å². The summed E-state index contributed by atoms with van der Waals surface area (Å²) in [5.41, 5.74) is -0.327. The predicted octanol–water partition coefficient (Wildman–Crippen LogP) is 3.67. The molecule has 1 amide bonds. The van der Waals surface area contributed by atoms with Crippen LogP contribution in [0.2, 0.25) is 0 Å². The Balaban J connectivity index is 1.81. The summed E-state index contributed by atoms with van der Waals surface area (Å²) in [6, 6.07) is 15.5. The van der Waals surface area contributed by atoms with Gasteiger partial charge < -0.3 is 14.5 Å². The van der Waals surface area contributed by atoms with Crippen LogP contribution in [0.15, 0.2) is 63.8 Å². The molecule has 0 saturated carbocycles. The standard InChI is InChI=1S/C22H21NO5/c1-22(2,3)21(26)27-16-10-9-15-11-17(20(25)28-18(15)12-16)19(24)23-13-14-7-5-4-6-8-14/h4-12H,13H2,1-3H3,(H,23,24). The molecule has 0 bridgehead atoms. The Morgan fingerprint density at radius 1 is 1.04 bits per heavy atom. The molecular weight excluding hydrogens is 358 g/mol. The van der Waals surface area contributed by atoms with Gasteiger partial charge in [0.15, 0.2) is 0 Å². The Morgan fingerprint density at radius 3 is 2.43 bits per heavy atom. The van der Waals surface area contributed by atoms with Crippen molar-refractivity contribution >= 4 is 22.8 Å². The van der Waals surface area contributed by atoms with Crippen molar-refractivity contribution in [2.45, 2.75) is 27.3 Å². The van der Waals surface area contributed by atoms with E-state index in [1.807, 2.05) is 30.3 Å². The molecule has 3 rings (SSSR count). The summed E-state index contributed by atoms with van der Waals surface area (Å²) in [5, 5.41) is 3.26. The number of hydrogen-bond donors (Lipinski definition) is 1. The average molecular weight is 379 g/mol. The molecule has 1 heterocycles. The van der Waals surface area contributed by atoms with E-state index in [0.29, 0.717) is 11.9 Å². The van der Waals surface area contributed by atoms with Crippen molar-refractivity contribution in [1.29, 1.82) is 0 Å². The summed E-state index contributed by atoms with van der Waals surface area (Å²) >= 11 is 0. The van der Waals surface area contributed by atoms with Crippen LogP contribution in [-0.2, 0) is 11.3 Å². The largest absolute Gasteiger partial charge is 0.426 e. The molecule has 28 heavy (non-hydrogen) atoms. The lowest BCUT2D eigenvalue weighted by Crippen LogP contribution is -2.27. The number of rotatable bonds is 4. The molecule has 0 saturated heterocycles. The van der Waals surface area contributed by atoms with Gasteiger partial charge >= 0.3 is 11.6 Å². The van der Waals surface area contributed by atoms with Crippen LogP contribution in [-0.4, -0.2) is 11.9 Å². The molecule has 0 fully saturated rings. The van der Waals surface area contributed by atoms with E-state index in [-0.39, 0.29) is 16.9 Å². The molecule has 0 spiro atoms. The minimum absolute atomic E-state index is 0.0807. The van der Waals surface area contributed by atoms with Crippen molar-refractivity contribution in [3.05, 3.63) is 76.1 Å². The summed E-state index contributed by atoms with van der Waals surface area (Å²) in [5.74, 6) is -0.634. The fourth-order valence-corrected chi connectivity index (χ4v) is 2.45. The first kappa shape index (κ1) is 19.4. The number of esters is 1. The Kier molecular flexibility index (Phi) is 5.31. The zero-order valence-electron chi connectivity index (χ0n) is 15.9. The first-order valence-corrected chi connectivity index (χ1v) is 8.86. The zero-order chi connectivity index (χ0) is 20.3. The number of fused-ring (bicyclic) bond motifs is 1. The van der Waals surface area contributed by atoms with Crippen LogP contribution in [0.3, 0.4) is 0 Å². The Hall–Kier alpha value is -3.41. The lowest BCUT2D eigenvalue weighted by atomic mass is 9.97. The smallest absolute Gasteiger partial charge is 0.349 e. The third-order valence-electron chi connectivity index (χ3n) is 4.07. The predicted molar refractivity (Wildman–Crippen MR) is 105 cm³/mol. The highest BCUT2D eigenvalue weighted by atomic mass is 16.5. The van der Waals surface area contributed by atoms with E-state index < -0.39 is 22.9 Å². The van der Waals surface area contributed by atoms with Gasteiger partial charge in [-0.05, 0) is 44.5 Å². The van der Waals surface area contributed by atoms with Crippen molar-refractivity contribution in [2.75, 3.05) is 0 Å². The second kappa shape index (κ2) is 7.68. The Labute approximate surface area is 162 Å². The lowest BCUT2D eigenvalue weighted by Gasteiger charge is -2.16. The maximum atomic E-state index is 12.4. The highest BCUT2D eigenvalue weighted by Gasteiger charge is 2.24. The molecule has 6 nitrogen and oxygen atoms in total. The fraction of sp³-hybridized carbons (Fsp3) is 0.227. The van der Waals surface area contributed by atoms with Crippen molar-refractivity contribution in [3.63, 3.8) is 0 Å². The molecule has 144 valence electrons. The molecule has 0 atom stereocenters. The van der Waals surface area contributed by atoms with E-state index in [2.05, 4.69) is 5.32 Å². The van der Waals surface area contributed by atoms with E-state index in [9.17, 15) is 14.4 Å². The second-order valence-electron chi connectivity index (χ2n) is 7.45. The lowest BCUT2D eigenvalue weighted by molar-refractivity contribution is -0.142. The first-order valence-electron chi connectivity index (χ1n) is 8.86. The quantitative estimate of drug-likeness (QED) is 0.425. The second-order valence-corrected chi connectivity index (χ2v) is 7.45. The van der Waals surface area contributed by atoms with E-state index >= 15 is 0 Å². The zero-order valence-corrected chi connectivity index (χ0v) is 15.9. The maximum Gasteiger partial charge on any atom is 0.349 e. The monoisotopic (exact) mass is 379 g/mol. The van der Waals surface area contributed by atoms with Gasteiger partial charge in [-0.15, -0.1) is 0 Å². The molecule has 0 aliphatic heterocycles. The maximum absolute atomic E-state index is 12.4. The number of carbonyl (C=O) groups excluding carboxylic acids is 2. The number of amides is 1. The summed E-state index contributed by atoms with van der Waals surface area (Å²) in [7, 11) is 0. The Bertz CT molecular complexity index is 1080. The van der Waals surface area contributed by atoms with E-state index in [4.69, 9.17) is 9.15 Å².